The lowest BCUT2D eigenvalue weighted by molar-refractivity contribution is -0.384. The maximum absolute atomic E-state index is 12.8. The molecule has 3 rings (SSSR count). The quantitative estimate of drug-likeness (QED) is 0.270. The van der Waals surface area contributed by atoms with E-state index in [1.165, 1.54) is 29.3 Å². The van der Waals surface area contributed by atoms with Crippen LogP contribution in [-0.4, -0.2) is 28.1 Å². The summed E-state index contributed by atoms with van der Waals surface area (Å²) in [4.78, 5) is 40.8. The van der Waals surface area contributed by atoms with Crippen LogP contribution in [0.5, 0.6) is 0 Å². The van der Waals surface area contributed by atoms with E-state index in [1.54, 1.807) is 31.2 Å². The van der Waals surface area contributed by atoms with Gasteiger partial charge >= 0.3 is 0 Å². The number of anilines is 1. The number of halogens is 1. The number of nitro benzene ring substituents is 1. The molecule has 0 aliphatic carbocycles. The number of nitro groups is 1. The average molecular weight is 417 g/mol. The molecular weight excluding hydrogens is 404 g/mol. The van der Waals surface area contributed by atoms with Crippen LogP contribution in [0.15, 0.2) is 47.5 Å². The van der Waals surface area contributed by atoms with Crippen LogP contribution < -0.4 is 10.2 Å². The molecule has 8 nitrogen and oxygen atoms in total. The fraction of sp³-hybridized carbons (Fsp3) is 0.111. The van der Waals surface area contributed by atoms with Gasteiger partial charge in [-0.25, -0.2) is 0 Å². The van der Waals surface area contributed by atoms with Crippen molar-refractivity contribution >= 4 is 64.0 Å². The first-order chi connectivity index (χ1) is 13.3. The molecule has 1 atom stereocenters. The van der Waals surface area contributed by atoms with Crippen LogP contribution in [0, 0.1) is 23.0 Å². The molecule has 1 N–H and O–H groups in total. The fourth-order valence-corrected chi connectivity index (χ4v) is 3.03. The summed E-state index contributed by atoms with van der Waals surface area (Å²) in [6, 6.07) is 10.6. The smallest absolute Gasteiger partial charge is 0.269 e. The summed E-state index contributed by atoms with van der Waals surface area (Å²) in [6.45, 7) is 1.65. The number of benzene rings is 2. The van der Waals surface area contributed by atoms with Gasteiger partial charge in [-0.1, -0.05) is 11.6 Å². The average Bonchev–Trinajstić information content (AvgIpc) is 2.63. The normalized spacial score (nSPS) is 17.1. The molecule has 1 aliphatic rings. The molecule has 2 aromatic rings. The number of non-ortho nitro benzene ring substituents is 1. The summed E-state index contributed by atoms with van der Waals surface area (Å²) in [5.74, 6) is -2.35. The second-order valence-electron chi connectivity index (χ2n) is 5.93. The number of hydrogen-bond acceptors (Lipinski definition) is 6. The summed E-state index contributed by atoms with van der Waals surface area (Å²) in [6.07, 6.45) is 1.20. The van der Waals surface area contributed by atoms with E-state index < -0.39 is 22.7 Å². The van der Waals surface area contributed by atoms with Gasteiger partial charge in [0.1, 0.15) is 0 Å². The van der Waals surface area contributed by atoms with Crippen LogP contribution >= 0.6 is 23.8 Å². The number of thiocarbonyl (C=S) groups is 1. The van der Waals surface area contributed by atoms with E-state index in [4.69, 9.17) is 23.8 Å². The molecule has 1 fully saturated rings. The van der Waals surface area contributed by atoms with Gasteiger partial charge < -0.3 is 5.32 Å². The summed E-state index contributed by atoms with van der Waals surface area (Å²) >= 11 is 11.0. The Balaban J connectivity index is 1.88. The Kier molecular flexibility index (Phi) is 5.48. The predicted octanol–water partition coefficient (Wildman–Crippen LogP) is 3.32. The molecule has 0 unspecified atom stereocenters. The molecule has 2 amide bonds. The molecular formula is C18H13ClN4O4S. The molecule has 0 spiro atoms. The molecule has 0 bridgehead atoms. The van der Waals surface area contributed by atoms with Crippen molar-refractivity contribution in [2.24, 2.45) is 10.9 Å². The van der Waals surface area contributed by atoms with Crippen molar-refractivity contribution in [3.63, 3.8) is 0 Å². The van der Waals surface area contributed by atoms with Crippen LogP contribution in [0.3, 0.4) is 0 Å². The van der Waals surface area contributed by atoms with E-state index >= 15 is 0 Å². The Morgan fingerprint density at radius 1 is 1.25 bits per heavy atom. The Morgan fingerprint density at radius 3 is 2.54 bits per heavy atom. The summed E-state index contributed by atoms with van der Waals surface area (Å²) in [5.41, 5.74) is 1.35. The third-order valence-corrected chi connectivity index (χ3v) is 4.58. The van der Waals surface area contributed by atoms with Crippen molar-refractivity contribution in [3.8, 4) is 0 Å². The molecule has 0 aromatic heterocycles. The molecule has 28 heavy (non-hydrogen) atoms. The molecule has 0 saturated carbocycles. The second kappa shape index (κ2) is 7.83. The van der Waals surface area contributed by atoms with Gasteiger partial charge in [0.15, 0.2) is 11.0 Å². The van der Waals surface area contributed by atoms with Crippen molar-refractivity contribution < 1.29 is 14.5 Å². The monoisotopic (exact) mass is 416 g/mol. The van der Waals surface area contributed by atoms with Gasteiger partial charge in [0.05, 0.1) is 16.3 Å². The van der Waals surface area contributed by atoms with Crippen molar-refractivity contribution in [1.82, 2.24) is 5.32 Å². The largest absolute Gasteiger partial charge is 0.301 e. The van der Waals surface area contributed by atoms with E-state index in [-0.39, 0.29) is 10.8 Å². The minimum atomic E-state index is -1.20. The van der Waals surface area contributed by atoms with Crippen LogP contribution in [0.4, 0.5) is 17.1 Å². The molecule has 1 heterocycles. The lowest BCUT2D eigenvalue weighted by Gasteiger charge is -2.30. The second-order valence-corrected chi connectivity index (χ2v) is 6.75. The van der Waals surface area contributed by atoms with E-state index in [0.717, 1.165) is 0 Å². The molecule has 0 radical (unpaired) electrons. The maximum Gasteiger partial charge on any atom is 0.269 e. The minimum Gasteiger partial charge on any atom is -0.301 e. The van der Waals surface area contributed by atoms with E-state index in [2.05, 4.69) is 10.3 Å². The Bertz CT molecular complexity index is 1020. The molecule has 142 valence electrons. The number of rotatable bonds is 4. The van der Waals surface area contributed by atoms with Crippen LogP contribution in [0.2, 0.25) is 5.02 Å². The van der Waals surface area contributed by atoms with Gasteiger partial charge in [0.2, 0.25) is 5.91 Å². The van der Waals surface area contributed by atoms with Gasteiger partial charge in [0, 0.05) is 23.4 Å². The van der Waals surface area contributed by atoms with Crippen molar-refractivity contribution in [1.29, 1.82) is 0 Å². The number of amides is 2. The topological polar surface area (TPSA) is 105 Å². The van der Waals surface area contributed by atoms with Crippen LogP contribution in [0.1, 0.15) is 5.56 Å². The Hall–Kier alpha value is -3.17. The van der Waals surface area contributed by atoms with Crippen LogP contribution in [-0.2, 0) is 9.59 Å². The van der Waals surface area contributed by atoms with Gasteiger partial charge in [-0.3, -0.25) is 29.6 Å². The van der Waals surface area contributed by atoms with Crippen molar-refractivity contribution in [3.05, 3.63) is 63.2 Å². The maximum atomic E-state index is 12.8. The molecule has 2 aromatic carbocycles. The van der Waals surface area contributed by atoms with Crippen molar-refractivity contribution in [2.75, 3.05) is 4.90 Å². The first-order valence-corrected chi connectivity index (χ1v) is 8.80. The third kappa shape index (κ3) is 3.90. The Morgan fingerprint density at radius 2 is 1.93 bits per heavy atom. The first-order valence-electron chi connectivity index (χ1n) is 8.01. The lowest BCUT2D eigenvalue weighted by Crippen LogP contribution is -2.58. The number of carbonyl (C=O) groups is 2. The predicted molar refractivity (Wildman–Crippen MR) is 109 cm³/mol. The first kappa shape index (κ1) is 19.6. The minimum absolute atomic E-state index is 0.0338. The van der Waals surface area contributed by atoms with Crippen LogP contribution in [0.25, 0.3) is 0 Å². The highest BCUT2D eigenvalue weighted by atomic mass is 35.5. The molecule has 10 heteroatoms. The van der Waals surface area contributed by atoms with Gasteiger partial charge in [-0.2, -0.15) is 0 Å². The zero-order chi connectivity index (χ0) is 20.4. The molecule has 1 aliphatic heterocycles. The highest BCUT2D eigenvalue weighted by Crippen LogP contribution is 2.25. The third-order valence-electron chi connectivity index (χ3n) is 4.04. The fourth-order valence-electron chi connectivity index (χ4n) is 2.61. The van der Waals surface area contributed by atoms with Gasteiger partial charge in [-0.15, -0.1) is 0 Å². The standard InChI is InChI=1S/C18H13ClN4O4S/c1-10-8-13(23(26)27)6-7-15(10)20-9-14-16(24)21-18(28)22(17(14)25)12-4-2-11(19)3-5-12/h2-9,14H,1H3,(H,21,24,28)/t14-/m0/s1. The number of carbonyl (C=O) groups excluding carboxylic acids is 2. The van der Waals surface area contributed by atoms with E-state index in [1.807, 2.05) is 0 Å². The SMILES string of the molecule is Cc1cc([N+](=O)[O-])ccc1N=C[C@H]1C(=O)NC(=S)N(c2ccc(Cl)cc2)C1=O. The van der Waals surface area contributed by atoms with Crippen molar-refractivity contribution in [2.45, 2.75) is 6.92 Å². The summed E-state index contributed by atoms with van der Waals surface area (Å²) in [5, 5.41) is 13.8. The zero-order valence-corrected chi connectivity index (χ0v) is 16.0. The Labute approximate surface area is 170 Å². The van der Waals surface area contributed by atoms with E-state index in [9.17, 15) is 19.7 Å². The van der Waals surface area contributed by atoms with Gasteiger partial charge in [-0.05, 0) is 55.0 Å². The summed E-state index contributed by atoms with van der Waals surface area (Å²) < 4.78 is 0. The number of nitrogens with zero attached hydrogens (tertiary/aromatic N) is 3. The lowest BCUT2D eigenvalue weighted by atomic mass is 10.1. The number of aryl methyl sites for hydroxylation is 1. The number of hydrogen-bond donors (Lipinski definition) is 1. The number of nitrogens with one attached hydrogen (secondary N) is 1. The summed E-state index contributed by atoms with van der Waals surface area (Å²) in [7, 11) is 0. The zero-order valence-electron chi connectivity index (χ0n) is 14.5. The van der Waals surface area contributed by atoms with E-state index in [0.29, 0.717) is 22.0 Å². The number of aliphatic imine (C=N–C) groups is 1. The molecule has 1 saturated heterocycles. The van der Waals surface area contributed by atoms with Gasteiger partial charge in [0.25, 0.3) is 11.6 Å². The highest BCUT2D eigenvalue weighted by Gasteiger charge is 2.38. The highest BCUT2D eigenvalue weighted by molar-refractivity contribution is 7.80.